The van der Waals surface area contributed by atoms with Crippen LogP contribution in [0.4, 0.5) is 5.69 Å². The average Bonchev–Trinajstić information content (AvgIpc) is 3.31. The van der Waals surface area contributed by atoms with Crippen molar-refractivity contribution in [3.63, 3.8) is 0 Å². The molecule has 1 N–H and O–H groups in total. The van der Waals surface area contributed by atoms with Crippen molar-refractivity contribution in [2.75, 3.05) is 25.6 Å². The van der Waals surface area contributed by atoms with Crippen molar-refractivity contribution in [3.8, 4) is 29.5 Å². The number of benzene rings is 2. The number of carbonyl (C=O) groups excluding carboxylic acids is 2. The van der Waals surface area contributed by atoms with E-state index in [1.807, 2.05) is 24.3 Å². The van der Waals surface area contributed by atoms with Gasteiger partial charge in [-0.2, -0.15) is 4.98 Å². The summed E-state index contributed by atoms with van der Waals surface area (Å²) in [4.78, 5) is 30.6. The number of hydrogen-bond donors (Lipinski definition) is 1. The lowest BCUT2D eigenvalue weighted by atomic mass is 10.1. The zero-order valence-electron chi connectivity index (χ0n) is 18.0. The van der Waals surface area contributed by atoms with Gasteiger partial charge in [-0.1, -0.05) is 17.1 Å². The van der Waals surface area contributed by atoms with Gasteiger partial charge in [-0.3, -0.25) is 9.59 Å². The molecule has 164 valence electrons. The Kier molecular flexibility index (Phi) is 7.60. The molecule has 2 amide bonds. The molecule has 1 aromatic heterocycles. The molecule has 2 aromatic carbocycles. The van der Waals surface area contributed by atoms with Gasteiger partial charge in [0.15, 0.2) is 0 Å². The Bertz CT molecular complexity index is 1120. The van der Waals surface area contributed by atoms with Crippen molar-refractivity contribution in [3.05, 3.63) is 60.0 Å². The lowest BCUT2D eigenvalue weighted by Crippen LogP contribution is -2.39. The molecule has 8 nitrogen and oxygen atoms in total. The maximum Gasteiger partial charge on any atom is 0.239 e. The van der Waals surface area contributed by atoms with E-state index in [0.29, 0.717) is 35.8 Å². The van der Waals surface area contributed by atoms with Crippen LogP contribution in [0.15, 0.2) is 53.1 Å². The minimum absolute atomic E-state index is 0.0917. The summed E-state index contributed by atoms with van der Waals surface area (Å²) in [7, 11) is 3.13. The van der Waals surface area contributed by atoms with Crippen molar-refractivity contribution in [1.29, 1.82) is 0 Å². The third-order valence-corrected chi connectivity index (χ3v) is 4.80. The lowest BCUT2D eigenvalue weighted by Gasteiger charge is -2.22. The number of ether oxygens (including phenoxy) is 1. The Labute approximate surface area is 186 Å². The van der Waals surface area contributed by atoms with Crippen molar-refractivity contribution in [1.82, 2.24) is 15.5 Å². The number of nitrogens with zero attached hydrogens (tertiary/aromatic N) is 3. The van der Waals surface area contributed by atoms with Crippen LogP contribution in [0.5, 0.6) is 5.75 Å². The standard InChI is InChI=1S/C24H24N4O4/c1-4-17-7-5-8-19(15-17)28(16-21(29)25-2)23(30)10-6-9-22-26-24(27-32-22)18-11-13-20(31-3)14-12-18/h1,5,7-8,11-15H,6,9-10,16H2,2-3H3,(H,25,29). The Hall–Kier alpha value is -4.12. The molecule has 32 heavy (non-hydrogen) atoms. The molecule has 1 heterocycles. The molecule has 0 fully saturated rings. The number of rotatable bonds is 9. The number of methoxy groups -OCH3 is 1. The van der Waals surface area contributed by atoms with Crippen molar-refractivity contribution in [2.24, 2.45) is 0 Å². The first-order valence-corrected chi connectivity index (χ1v) is 10.1. The fourth-order valence-corrected chi connectivity index (χ4v) is 3.05. The first-order valence-electron chi connectivity index (χ1n) is 10.1. The highest BCUT2D eigenvalue weighted by Gasteiger charge is 2.19. The first kappa shape index (κ1) is 22.6. The predicted octanol–water partition coefficient (Wildman–Crippen LogP) is 2.83. The molecule has 3 aromatic rings. The van der Waals surface area contributed by atoms with E-state index in [0.717, 1.165) is 11.3 Å². The number of terminal acetylenes is 1. The van der Waals surface area contributed by atoms with Crippen molar-refractivity contribution in [2.45, 2.75) is 19.3 Å². The molecule has 0 unspecified atom stereocenters. The second-order valence-corrected chi connectivity index (χ2v) is 6.94. The van der Waals surface area contributed by atoms with Gasteiger partial charge in [-0.05, 0) is 48.9 Å². The molecule has 0 saturated heterocycles. The number of carbonyl (C=O) groups is 2. The number of nitrogens with one attached hydrogen (secondary N) is 1. The van der Waals surface area contributed by atoms with Gasteiger partial charge < -0.3 is 19.5 Å². The van der Waals surface area contributed by atoms with Gasteiger partial charge in [-0.15, -0.1) is 6.42 Å². The second kappa shape index (κ2) is 10.8. The molecule has 0 aliphatic carbocycles. The first-order chi connectivity index (χ1) is 15.5. The highest BCUT2D eigenvalue weighted by molar-refractivity contribution is 5.98. The van der Waals surface area contributed by atoms with Gasteiger partial charge in [0.2, 0.25) is 23.5 Å². The second-order valence-electron chi connectivity index (χ2n) is 6.94. The zero-order chi connectivity index (χ0) is 22.9. The van der Waals surface area contributed by atoms with Gasteiger partial charge in [0.1, 0.15) is 12.3 Å². The number of hydrogen-bond acceptors (Lipinski definition) is 6. The van der Waals surface area contributed by atoms with Gasteiger partial charge in [0, 0.05) is 36.7 Å². The van der Waals surface area contributed by atoms with Crippen LogP contribution in [-0.4, -0.2) is 42.7 Å². The highest BCUT2D eigenvalue weighted by atomic mass is 16.5. The summed E-state index contributed by atoms with van der Waals surface area (Å²) in [5.74, 6) is 3.73. The van der Waals surface area contributed by atoms with E-state index in [-0.39, 0.29) is 24.8 Å². The topological polar surface area (TPSA) is 97.6 Å². The maximum absolute atomic E-state index is 12.9. The number of amides is 2. The van der Waals surface area contributed by atoms with E-state index in [1.54, 1.807) is 31.4 Å². The maximum atomic E-state index is 12.9. The summed E-state index contributed by atoms with van der Waals surface area (Å²) in [6.07, 6.45) is 6.59. The van der Waals surface area contributed by atoms with Crippen LogP contribution in [0, 0.1) is 12.3 Å². The quantitative estimate of drug-likeness (QED) is 0.522. The summed E-state index contributed by atoms with van der Waals surface area (Å²) in [5, 5.41) is 6.54. The summed E-state index contributed by atoms with van der Waals surface area (Å²) < 4.78 is 10.5. The van der Waals surface area contributed by atoms with Crippen LogP contribution >= 0.6 is 0 Å². The Morgan fingerprint density at radius 2 is 2.00 bits per heavy atom. The van der Waals surface area contributed by atoms with Crippen LogP contribution in [0.3, 0.4) is 0 Å². The molecule has 0 saturated carbocycles. The van der Waals surface area contributed by atoms with Crippen molar-refractivity contribution < 1.29 is 18.8 Å². The van der Waals surface area contributed by atoms with Gasteiger partial charge in [0.05, 0.1) is 7.11 Å². The minimum atomic E-state index is -0.273. The molecule has 8 heteroatoms. The van der Waals surface area contributed by atoms with E-state index in [1.165, 1.54) is 11.9 Å². The normalized spacial score (nSPS) is 10.3. The zero-order valence-corrected chi connectivity index (χ0v) is 18.0. The van der Waals surface area contributed by atoms with Gasteiger partial charge in [-0.25, -0.2) is 0 Å². The third-order valence-electron chi connectivity index (χ3n) is 4.80. The van der Waals surface area contributed by atoms with Gasteiger partial charge >= 0.3 is 0 Å². The van der Waals surface area contributed by atoms with Gasteiger partial charge in [0.25, 0.3) is 0 Å². The average molecular weight is 432 g/mol. The summed E-state index contributed by atoms with van der Waals surface area (Å²) in [5.41, 5.74) is 2.02. The fourth-order valence-electron chi connectivity index (χ4n) is 3.05. The monoisotopic (exact) mass is 432 g/mol. The molecule has 0 aliphatic heterocycles. The molecule has 0 bridgehead atoms. The minimum Gasteiger partial charge on any atom is -0.497 e. The van der Waals surface area contributed by atoms with E-state index in [9.17, 15) is 9.59 Å². The highest BCUT2D eigenvalue weighted by Crippen LogP contribution is 2.21. The Morgan fingerprint density at radius 1 is 1.22 bits per heavy atom. The predicted molar refractivity (Wildman–Crippen MR) is 120 cm³/mol. The van der Waals surface area contributed by atoms with Crippen LogP contribution in [-0.2, 0) is 16.0 Å². The third kappa shape index (κ3) is 5.73. The summed E-state index contributed by atoms with van der Waals surface area (Å²) in [6, 6.07) is 14.3. The summed E-state index contributed by atoms with van der Waals surface area (Å²) in [6.45, 7) is -0.0917. The van der Waals surface area contributed by atoms with Crippen LogP contribution < -0.4 is 15.0 Å². The summed E-state index contributed by atoms with van der Waals surface area (Å²) >= 11 is 0. The number of aryl methyl sites for hydroxylation is 1. The Morgan fingerprint density at radius 3 is 2.69 bits per heavy atom. The molecular weight excluding hydrogens is 408 g/mol. The van der Waals surface area contributed by atoms with Crippen LogP contribution in [0.1, 0.15) is 24.3 Å². The Balaban J connectivity index is 1.62. The van der Waals surface area contributed by atoms with E-state index in [2.05, 4.69) is 21.4 Å². The molecule has 0 aliphatic rings. The van der Waals surface area contributed by atoms with Crippen LogP contribution in [0.25, 0.3) is 11.4 Å². The van der Waals surface area contributed by atoms with E-state index < -0.39 is 0 Å². The van der Waals surface area contributed by atoms with E-state index in [4.69, 9.17) is 15.7 Å². The SMILES string of the molecule is C#Cc1cccc(N(CC(=O)NC)C(=O)CCCc2nc(-c3ccc(OC)cc3)no2)c1. The molecule has 0 spiro atoms. The smallest absolute Gasteiger partial charge is 0.239 e. The fraction of sp³-hybridized carbons (Fsp3) is 0.250. The number of aromatic nitrogens is 2. The van der Waals surface area contributed by atoms with Crippen LogP contribution in [0.2, 0.25) is 0 Å². The molecule has 0 atom stereocenters. The largest absolute Gasteiger partial charge is 0.497 e. The van der Waals surface area contributed by atoms with E-state index >= 15 is 0 Å². The van der Waals surface area contributed by atoms with Crippen molar-refractivity contribution >= 4 is 17.5 Å². The number of anilines is 1. The molecule has 0 radical (unpaired) electrons. The molecule has 3 rings (SSSR count). The lowest BCUT2D eigenvalue weighted by molar-refractivity contribution is -0.123. The molecular formula is C24H24N4O4. The number of likely N-dealkylation sites (N-methyl/N-ethyl adjacent to an activating group) is 1.